The van der Waals surface area contributed by atoms with E-state index >= 15 is 0 Å². The number of nitrogens with zero attached hydrogens (tertiary/aromatic N) is 6. The van der Waals surface area contributed by atoms with E-state index in [4.69, 9.17) is 20.2 Å². The molecule has 0 heterocycles. The van der Waals surface area contributed by atoms with Gasteiger partial charge in [0.1, 0.15) is 0 Å². The molecular weight excluding hydrogens is 417 g/mol. The molecular formula is C12H38Cl2FeN6P2. The van der Waals surface area contributed by atoms with Gasteiger partial charge < -0.3 is 0 Å². The number of halogens is 2. The predicted octanol–water partition coefficient (Wildman–Crippen LogP) is 2.64. The molecule has 148 valence electrons. The van der Waals surface area contributed by atoms with E-state index in [9.17, 15) is 0 Å². The summed E-state index contributed by atoms with van der Waals surface area (Å²) < 4.78 is 13.7. The van der Waals surface area contributed by atoms with Gasteiger partial charge in [0.15, 0.2) is 0 Å². The molecule has 0 aliphatic carbocycles. The molecule has 0 saturated heterocycles. The van der Waals surface area contributed by atoms with Crippen molar-refractivity contribution in [3.8, 4) is 0 Å². The van der Waals surface area contributed by atoms with E-state index in [1.807, 2.05) is 0 Å². The molecule has 0 saturated carbocycles. The summed E-state index contributed by atoms with van der Waals surface area (Å²) in [4.78, 5) is 0. The normalized spacial score (nSPS) is 17.2. The molecule has 0 spiro atoms. The van der Waals surface area contributed by atoms with Gasteiger partial charge in [0.2, 0.25) is 0 Å². The van der Waals surface area contributed by atoms with Gasteiger partial charge in [-0.25, -0.2) is 0 Å². The van der Waals surface area contributed by atoms with Crippen LogP contribution in [0.2, 0.25) is 0 Å². The van der Waals surface area contributed by atoms with Gasteiger partial charge in [-0.3, -0.25) is 0 Å². The summed E-state index contributed by atoms with van der Waals surface area (Å²) in [6, 6.07) is 0. The SMILES string of the molecule is CN(C)[PH](N(C)C)(N(C)C)[Fe]([Cl])([Cl])[PH](N(C)C)(N(C)C)N(C)C. The average Bonchev–Trinajstić information content (AvgIpc) is 2.24. The number of rotatable bonds is 8. The van der Waals surface area contributed by atoms with Crippen LogP contribution in [0, 0.1) is 0 Å². The molecule has 23 heavy (non-hydrogen) atoms. The first kappa shape index (κ1) is 24.7. The Kier molecular flexibility index (Phi) is 9.25. The Morgan fingerprint density at radius 2 is 0.565 bits per heavy atom. The molecule has 0 amide bonds. The minimum atomic E-state index is -2.67. The van der Waals surface area contributed by atoms with Gasteiger partial charge in [0, 0.05) is 0 Å². The van der Waals surface area contributed by atoms with Crippen LogP contribution in [0.1, 0.15) is 0 Å². The molecule has 11 heteroatoms. The van der Waals surface area contributed by atoms with Crippen molar-refractivity contribution in [1.82, 2.24) is 28.0 Å². The zero-order valence-corrected chi connectivity index (χ0v) is 21.4. The van der Waals surface area contributed by atoms with E-state index < -0.39 is 22.9 Å². The fraction of sp³-hybridized carbons (Fsp3) is 1.00. The molecule has 0 aliphatic rings. The summed E-state index contributed by atoms with van der Waals surface area (Å²) in [7, 11) is 37.6. The fourth-order valence-electron chi connectivity index (χ4n) is 3.75. The van der Waals surface area contributed by atoms with Gasteiger partial charge in [-0.2, -0.15) is 0 Å². The minimum absolute atomic E-state index is 2.11. The number of hydrogen-bond acceptors (Lipinski definition) is 6. The first-order chi connectivity index (χ1) is 10.2. The maximum atomic E-state index is 7.52. The van der Waals surface area contributed by atoms with E-state index in [1.165, 1.54) is 0 Å². The third-order valence-electron chi connectivity index (χ3n) is 3.94. The molecule has 0 atom stereocenters. The molecule has 0 radical (unpaired) electrons. The van der Waals surface area contributed by atoms with Crippen molar-refractivity contribution in [3.05, 3.63) is 0 Å². The summed E-state index contributed by atoms with van der Waals surface area (Å²) in [5.41, 5.74) is 0. The molecule has 0 bridgehead atoms. The van der Waals surface area contributed by atoms with Crippen LogP contribution in [0.25, 0.3) is 0 Å². The van der Waals surface area contributed by atoms with Gasteiger partial charge in [0.05, 0.1) is 0 Å². The van der Waals surface area contributed by atoms with E-state index in [0.29, 0.717) is 0 Å². The van der Waals surface area contributed by atoms with Crippen LogP contribution >= 0.6 is 33.0 Å². The van der Waals surface area contributed by atoms with Crippen molar-refractivity contribution >= 4 is 33.0 Å². The standard InChI is InChI=1S/2C6H18N3P.2ClH.Fe/c2*1-7(2)10(8(3)4)9(5)6;;;/h2*1-6H3;2*1H;. The number of hydrogen-bond donors (Lipinski definition) is 0. The summed E-state index contributed by atoms with van der Waals surface area (Å²) >= 11 is 0. The van der Waals surface area contributed by atoms with E-state index in [1.54, 1.807) is 0 Å². The quantitative estimate of drug-likeness (QED) is 0.412. The molecule has 0 aromatic heterocycles. The van der Waals surface area contributed by atoms with Crippen LogP contribution in [0.4, 0.5) is 0 Å². The first-order valence-corrected chi connectivity index (χ1v) is 17.1. The Morgan fingerprint density at radius 3 is 0.652 bits per heavy atom. The summed E-state index contributed by atoms with van der Waals surface area (Å²) in [5, 5.41) is 0. The van der Waals surface area contributed by atoms with Crippen molar-refractivity contribution < 1.29 is 10.1 Å². The van der Waals surface area contributed by atoms with Crippen molar-refractivity contribution in [2.45, 2.75) is 0 Å². The second kappa shape index (κ2) is 8.61. The van der Waals surface area contributed by atoms with Gasteiger partial charge in [0.25, 0.3) is 0 Å². The zero-order chi connectivity index (χ0) is 19.0. The molecule has 6 nitrogen and oxygen atoms in total. The second-order valence-electron chi connectivity index (χ2n) is 6.85. The van der Waals surface area contributed by atoms with Crippen molar-refractivity contribution in [1.29, 1.82) is 0 Å². The van der Waals surface area contributed by atoms with Crippen LogP contribution in [0.3, 0.4) is 0 Å². The summed E-state index contributed by atoms with van der Waals surface area (Å²) in [6.07, 6.45) is -4.97. The Morgan fingerprint density at radius 1 is 0.435 bits per heavy atom. The molecule has 0 unspecified atom stereocenters. The fourth-order valence-corrected chi connectivity index (χ4v) is 57.3. The zero-order valence-electron chi connectivity index (χ0n) is 16.8. The first-order valence-electron chi connectivity index (χ1n) is 7.33. The Hall–Kier alpha value is 1.72. The van der Waals surface area contributed by atoms with Crippen LogP contribution < -0.4 is 0 Å². The second-order valence-corrected chi connectivity index (χ2v) is 33.5. The van der Waals surface area contributed by atoms with Crippen molar-refractivity contribution in [2.75, 3.05) is 84.6 Å². The molecule has 0 aliphatic heterocycles. The Labute approximate surface area is 155 Å². The summed E-state index contributed by atoms with van der Waals surface area (Å²) in [6.45, 7) is 0. The van der Waals surface area contributed by atoms with E-state index in [-0.39, 0.29) is 0 Å². The Bertz CT molecular complexity index is 316. The van der Waals surface area contributed by atoms with Gasteiger partial charge >= 0.3 is 156 Å². The van der Waals surface area contributed by atoms with Gasteiger partial charge in [-0.05, 0) is 0 Å². The monoisotopic (exact) mass is 454 g/mol. The topological polar surface area (TPSA) is 19.4 Å². The third-order valence-corrected chi connectivity index (χ3v) is 41.0. The maximum absolute atomic E-state index is 7.52. The van der Waals surface area contributed by atoms with Crippen LogP contribution in [0.5, 0.6) is 0 Å². The molecule has 0 N–H and O–H groups in total. The Balaban J connectivity index is 6.86. The molecule has 0 fully saturated rings. The third kappa shape index (κ3) is 3.60. The van der Waals surface area contributed by atoms with Crippen LogP contribution in [-0.4, -0.2) is 113 Å². The van der Waals surface area contributed by atoms with Crippen molar-refractivity contribution in [2.24, 2.45) is 0 Å². The van der Waals surface area contributed by atoms with E-state index in [0.717, 1.165) is 0 Å². The van der Waals surface area contributed by atoms with Gasteiger partial charge in [-0.15, -0.1) is 0 Å². The molecule has 0 aromatic carbocycles. The molecule has 0 rings (SSSR count). The average molecular weight is 455 g/mol. The summed E-state index contributed by atoms with van der Waals surface area (Å²) in [5.74, 6) is 0. The van der Waals surface area contributed by atoms with Crippen LogP contribution in [-0.2, 0) is 10.1 Å². The van der Waals surface area contributed by atoms with Crippen molar-refractivity contribution in [3.63, 3.8) is 0 Å². The molecule has 0 aromatic rings. The van der Waals surface area contributed by atoms with Crippen LogP contribution in [0.15, 0.2) is 0 Å². The van der Waals surface area contributed by atoms with Gasteiger partial charge in [-0.1, -0.05) is 0 Å². The predicted molar refractivity (Wildman–Crippen MR) is 110 cm³/mol. The van der Waals surface area contributed by atoms with E-state index in [2.05, 4.69) is 113 Å².